The van der Waals surface area contributed by atoms with Crippen molar-refractivity contribution in [2.24, 2.45) is 11.8 Å². The monoisotopic (exact) mass is 792 g/mol. The number of likely N-dealkylation sites (tertiary alicyclic amines) is 1. The van der Waals surface area contributed by atoms with Crippen LogP contribution >= 0.6 is 0 Å². The van der Waals surface area contributed by atoms with Gasteiger partial charge in [0, 0.05) is 48.9 Å². The molecule has 14 heteroatoms. The van der Waals surface area contributed by atoms with Crippen molar-refractivity contribution in [2.75, 3.05) is 57.7 Å². The second-order valence-corrected chi connectivity index (χ2v) is 17.5. The van der Waals surface area contributed by atoms with E-state index in [1.165, 1.54) is 38.5 Å². The molecule has 11 nitrogen and oxygen atoms in total. The highest BCUT2D eigenvalue weighted by atomic mass is 19.4. The molecule has 8 N–H and O–H groups in total. The number of unbranched alkanes of at least 4 members (excludes halogenated alkanes) is 4. The number of anilines is 1. The summed E-state index contributed by atoms with van der Waals surface area (Å²) in [5.74, 6) is -0.879. The topological polar surface area (TPSA) is 128 Å². The molecule has 4 aliphatic heterocycles. The van der Waals surface area contributed by atoms with Crippen molar-refractivity contribution in [3.05, 3.63) is 29.8 Å². The summed E-state index contributed by atoms with van der Waals surface area (Å²) in [6, 6.07) is 6.20. The third-order valence-electron chi connectivity index (χ3n) is 13.4. The van der Waals surface area contributed by atoms with Gasteiger partial charge in [-0.3, -0.25) is 25.2 Å². The Labute approximate surface area is 333 Å². The van der Waals surface area contributed by atoms with E-state index >= 15 is 0 Å². The number of carbonyl (C=O) groups is 1. The number of piperidine rings is 1. The van der Waals surface area contributed by atoms with Gasteiger partial charge >= 0.3 is 6.18 Å². The van der Waals surface area contributed by atoms with E-state index in [1.807, 2.05) is 12.1 Å². The van der Waals surface area contributed by atoms with Crippen molar-refractivity contribution in [2.45, 2.75) is 158 Å². The molecule has 6 rings (SSSR count). The summed E-state index contributed by atoms with van der Waals surface area (Å²) in [5, 5.41) is 27.0. The van der Waals surface area contributed by atoms with Crippen LogP contribution in [0.4, 0.5) is 18.9 Å². The first-order chi connectivity index (χ1) is 27.2. The molecule has 318 valence electrons. The van der Waals surface area contributed by atoms with Crippen molar-refractivity contribution in [1.82, 2.24) is 41.9 Å². The van der Waals surface area contributed by atoms with Crippen LogP contribution in [-0.4, -0.2) is 116 Å². The molecular weight excluding hydrogens is 720 g/mol. The Hall–Kier alpha value is -2.04. The number of aliphatic hydroxyl groups excluding tert-OH is 1. The van der Waals surface area contributed by atoms with Crippen LogP contribution in [0, 0.1) is 11.8 Å². The highest BCUT2D eigenvalue weighted by Crippen LogP contribution is 2.34. The fourth-order valence-corrected chi connectivity index (χ4v) is 10.3. The Kier molecular flexibility index (Phi) is 16.5. The number of hydrogen-bond donors (Lipinski definition) is 8. The molecule has 1 aromatic rings. The van der Waals surface area contributed by atoms with Gasteiger partial charge in [0.05, 0.1) is 24.6 Å². The maximum atomic E-state index is 14.0. The third kappa shape index (κ3) is 12.0. The van der Waals surface area contributed by atoms with E-state index in [9.17, 15) is 23.1 Å². The van der Waals surface area contributed by atoms with Crippen LogP contribution in [0.5, 0.6) is 0 Å². The van der Waals surface area contributed by atoms with Gasteiger partial charge in [-0.05, 0) is 102 Å². The van der Waals surface area contributed by atoms with E-state index in [1.54, 1.807) is 12.1 Å². The van der Waals surface area contributed by atoms with Crippen LogP contribution < -0.4 is 37.4 Å². The van der Waals surface area contributed by atoms with Gasteiger partial charge in [0.2, 0.25) is 0 Å². The lowest BCUT2D eigenvalue weighted by molar-refractivity contribution is -0.174. The quantitative estimate of drug-likeness (QED) is 0.0935. The minimum absolute atomic E-state index is 0.00916. The molecule has 4 saturated heterocycles. The number of hydrazine groups is 1. The Morgan fingerprint density at radius 3 is 2.59 bits per heavy atom. The number of nitrogens with zero attached hydrogens (tertiary/aromatic N) is 2. The van der Waals surface area contributed by atoms with Crippen LogP contribution in [-0.2, 0) is 0 Å². The standard InChI is InChI=1S/C42H72F3N9O2/c1-2-3-4-5-8-14-31-25-33(38(47-27-31)42(43,44)45)28-48-40(56)32-15-11-16-34(26-32)46-29-37-51-52-39(54(37)24-13-23-53-22-12-17-35(53)30-55)36-18-21-49-41(50-36)19-9-6-7-10-20-41/h11,15-16,26,31,33,35-39,46-47,49-52,55H,2-10,12-14,17-25,27-30H2,1H3,(H,48,56)/t31?,33?,35-,36?,37?,38?,39?/m0/s1. The molecule has 56 heavy (non-hydrogen) atoms. The summed E-state index contributed by atoms with van der Waals surface area (Å²) in [7, 11) is 0. The van der Waals surface area contributed by atoms with E-state index in [2.05, 4.69) is 54.2 Å². The van der Waals surface area contributed by atoms with E-state index in [0.717, 1.165) is 96.1 Å². The summed E-state index contributed by atoms with van der Waals surface area (Å²) in [6.45, 7) is 7.21. The molecule has 1 saturated carbocycles. The number of aliphatic hydroxyl groups is 1. The third-order valence-corrected chi connectivity index (χ3v) is 13.4. The van der Waals surface area contributed by atoms with Gasteiger partial charge in [-0.1, -0.05) is 70.8 Å². The Morgan fingerprint density at radius 2 is 1.80 bits per heavy atom. The predicted molar refractivity (Wildman–Crippen MR) is 217 cm³/mol. The molecule has 6 unspecified atom stereocenters. The van der Waals surface area contributed by atoms with Gasteiger partial charge in [0.15, 0.2) is 0 Å². The van der Waals surface area contributed by atoms with Crippen LogP contribution in [0.3, 0.4) is 0 Å². The molecule has 5 aliphatic rings. The lowest BCUT2D eigenvalue weighted by atomic mass is 9.81. The maximum Gasteiger partial charge on any atom is 0.404 e. The zero-order valence-corrected chi connectivity index (χ0v) is 33.9. The molecule has 0 radical (unpaired) electrons. The Bertz CT molecular complexity index is 1330. The maximum absolute atomic E-state index is 14.0. The Morgan fingerprint density at radius 1 is 0.982 bits per heavy atom. The van der Waals surface area contributed by atoms with Crippen molar-refractivity contribution in [1.29, 1.82) is 0 Å². The van der Waals surface area contributed by atoms with E-state index in [0.29, 0.717) is 25.1 Å². The van der Waals surface area contributed by atoms with Gasteiger partial charge in [-0.25, -0.2) is 10.9 Å². The molecule has 7 atom stereocenters. The van der Waals surface area contributed by atoms with E-state index in [-0.39, 0.29) is 55.1 Å². The second-order valence-electron chi connectivity index (χ2n) is 17.5. The van der Waals surface area contributed by atoms with Gasteiger partial charge in [-0.2, -0.15) is 13.2 Å². The number of alkyl halides is 3. The first-order valence-electron chi connectivity index (χ1n) is 22.2. The average Bonchev–Trinajstić information content (AvgIpc) is 3.77. The number of nitrogens with one attached hydrogen (secondary N) is 7. The van der Waals surface area contributed by atoms with Crippen LogP contribution in [0.2, 0.25) is 0 Å². The molecule has 1 amide bonds. The summed E-state index contributed by atoms with van der Waals surface area (Å²) < 4.78 is 42.1. The largest absolute Gasteiger partial charge is 0.404 e. The number of hydrogen-bond acceptors (Lipinski definition) is 10. The summed E-state index contributed by atoms with van der Waals surface area (Å²) in [5.41, 5.74) is 8.45. The smallest absolute Gasteiger partial charge is 0.395 e. The Balaban J connectivity index is 1.05. The average molecular weight is 792 g/mol. The highest BCUT2D eigenvalue weighted by Gasteiger charge is 2.47. The van der Waals surface area contributed by atoms with E-state index in [4.69, 9.17) is 0 Å². The zero-order chi connectivity index (χ0) is 39.4. The summed E-state index contributed by atoms with van der Waals surface area (Å²) in [6.07, 6.45) is 14.4. The van der Waals surface area contributed by atoms with Gasteiger partial charge in [-0.15, -0.1) is 0 Å². The van der Waals surface area contributed by atoms with Crippen molar-refractivity contribution in [3.63, 3.8) is 0 Å². The molecule has 0 bridgehead atoms. The van der Waals surface area contributed by atoms with Gasteiger partial charge in [0.1, 0.15) is 6.04 Å². The molecule has 4 heterocycles. The van der Waals surface area contributed by atoms with Crippen molar-refractivity contribution >= 4 is 11.6 Å². The molecule has 5 fully saturated rings. The van der Waals surface area contributed by atoms with Crippen molar-refractivity contribution < 1.29 is 23.1 Å². The fourth-order valence-electron chi connectivity index (χ4n) is 10.3. The highest BCUT2D eigenvalue weighted by molar-refractivity contribution is 5.95. The first-order valence-corrected chi connectivity index (χ1v) is 22.2. The van der Waals surface area contributed by atoms with Crippen LogP contribution in [0.1, 0.15) is 126 Å². The zero-order valence-electron chi connectivity index (χ0n) is 33.9. The van der Waals surface area contributed by atoms with Gasteiger partial charge in [0.25, 0.3) is 5.91 Å². The predicted octanol–water partition coefficient (Wildman–Crippen LogP) is 5.26. The number of benzene rings is 1. The molecule has 1 spiro atoms. The SMILES string of the molecule is CCCCCCCC1CNC(C(F)(F)F)C(CNC(=O)c2cccc(NCC3NNC(C4CCNC5(CCCCCC5)N4)N3CCCN3CCC[C@H]3CO)c2)C1. The number of carbonyl (C=O) groups excluding carboxylic acids is 1. The summed E-state index contributed by atoms with van der Waals surface area (Å²) in [4.78, 5) is 18.4. The number of rotatable bonds is 18. The van der Waals surface area contributed by atoms with E-state index < -0.39 is 18.1 Å². The lowest BCUT2D eigenvalue weighted by Crippen LogP contribution is -2.69. The molecular formula is C42H72F3N9O2. The first kappa shape index (κ1) is 43.5. The minimum Gasteiger partial charge on any atom is -0.395 e. The normalized spacial score (nSPS) is 30.4. The van der Waals surface area contributed by atoms with Gasteiger partial charge < -0.3 is 21.1 Å². The van der Waals surface area contributed by atoms with Crippen molar-refractivity contribution in [3.8, 4) is 0 Å². The molecule has 1 aromatic carbocycles. The lowest BCUT2D eigenvalue weighted by Gasteiger charge is -2.46. The molecule has 1 aliphatic carbocycles. The second kappa shape index (κ2) is 21.3. The summed E-state index contributed by atoms with van der Waals surface area (Å²) >= 11 is 0. The number of amides is 1. The number of halogens is 3. The fraction of sp³-hybridized carbons (Fsp3) is 0.833. The van der Waals surface area contributed by atoms with Crippen LogP contribution in [0.25, 0.3) is 0 Å². The van der Waals surface area contributed by atoms with Crippen LogP contribution in [0.15, 0.2) is 24.3 Å². The molecule has 0 aromatic heterocycles. The minimum atomic E-state index is -4.36.